The first-order chi connectivity index (χ1) is 11.4. The Hall–Kier alpha value is -2.73. The topological polar surface area (TPSA) is 84.9 Å². The minimum absolute atomic E-state index is 0.0328. The molecule has 1 amide bonds. The maximum absolute atomic E-state index is 12.2. The number of aromatic hydroxyl groups is 1. The Balaban J connectivity index is 2.03. The molecule has 0 aromatic heterocycles. The van der Waals surface area contributed by atoms with Crippen molar-refractivity contribution in [2.75, 3.05) is 12.4 Å². The second-order valence-electron chi connectivity index (χ2n) is 4.93. The first-order valence-corrected chi connectivity index (χ1v) is 7.43. The number of nitrogens with one attached hydrogen (secondary N) is 1. The van der Waals surface area contributed by atoms with E-state index < -0.39 is 18.0 Å². The van der Waals surface area contributed by atoms with Gasteiger partial charge in [0.1, 0.15) is 11.5 Å². The normalized spacial score (nSPS) is 11.5. The summed E-state index contributed by atoms with van der Waals surface area (Å²) in [7, 11) is 1.47. The Morgan fingerprint density at radius 1 is 1.17 bits per heavy atom. The van der Waals surface area contributed by atoms with Crippen LogP contribution in [0, 0.1) is 0 Å². The van der Waals surface area contributed by atoms with E-state index in [0.29, 0.717) is 16.5 Å². The fraction of sp³-hybridized carbons (Fsp3) is 0.176. The van der Waals surface area contributed by atoms with Gasteiger partial charge >= 0.3 is 5.97 Å². The standard InChI is InChI=1S/C17H16ClNO5/c1-10(24-17(22)11-3-6-13(20)7-4-11)16(21)19-14-9-12(18)5-8-15(14)23-2/h3-10,20H,1-2H3,(H,19,21). The van der Waals surface area contributed by atoms with Crippen LogP contribution in [0.5, 0.6) is 11.5 Å². The van der Waals surface area contributed by atoms with Crippen molar-refractivity contribution in [3.8, 4) is 11.5 Å². The molecule has 0 radical (unpaired) electrons. The van der Waals surface area contributed by atoms with Crippen LogP contribution in [-0.2, 0) is 9.53 Å². The highest BCUT2D eigenvalue weighted by Crippen LogP contribution is 2.27. The molecule has 0 fully saturated rings. The van der Waals surface area contributed by atoms with Gasteiger partial charge in [-0.05, 0) is 49.4 Å². The van der Waals surface area contributed by atoms with Crippen molar-refractivity contribution in [3.63, 3.8) is 0 Å². The number of benzene rings is 2. The molecule has 0 aliphatic heterocycles. The third kappa shape index (κ3) is 4.39. The monoisotopic (exact) mass is 349 g/mol. The fourth-order valence-electron chi connectivity index (χ4n) is 1.89. The van der Waals surface area contributed by atoms with Crippen LogP contribution in [-0.4, -0.2) is 30.2 Å². The molecule has 0 heterocycles. The van der Waals surface area contributed by atoms with Gasteiger partial charge < -0.3 is 19.9 Å². The average Bonchev–Trinajstić information content (AvgIpc) is 2.55. The van der Waals surface area contributed by atoms with Crippen molar-refractivity contribution < 1.29 is 24.2 Å². The lowest BCUT2D eigenvalue weighted by atomic mass is 10.2. The Bertz CT molecular complexity index is 745. The van der Waals surface area contributed by atoms with Crippen molar-refractivity contribution in [3.05, 3.63) is 53.1 Å². The minimum atomic E-state index is -1.03. The van der Waals surface area contributed by atoms with Gasteiger partial charge in [0, 0.05) is 5.02 Å². The predicted octanol–water partition coefficient (Wildman–Crippen LogP) is 3.24. The molecule has 2 N–H and O–H groups in total. The average molecular weight is 350 g/mol. The quantitative estimate of drug-likeness (QED) is 0.809. The number of hydrogen-bond donors (Lipinski definition) is 2. The van der Waals surface area contributed by atoms with Gasteiger partial charge in [0.2, 0.25) is 0 Å². The van der Waals surface area contributed by atoms with Crippen LogP contribution < -0.4 is 10.1 Å². The van der Waals surface area contributed by atoms with Gasteiger partial charge in [-0.2, -0.15) is 0 Å². The summed E-state index contributed by atoms with van der Waals surface area (Å²) in [4.78, 5) is 24.2. The molecule has 2 aromatic rings. The first-order valence-electron chi connectivity index (χ1n) is 7.05. The molecule has 0 saturated carbocycles. The van der Waals surface area contributed by atoms with Gasteiger partial charge in [0.15, 0.2) is 6.10 Å². The van der Waals surface area contributed by atoms with Gasteiger partial charge in [-0.15, -0.1) is 0 Å². The van der Waals surface area contributed by atoms with Gasteiger partial charge in [-0.25, -0.2) is 4.79 Å². The molecule has 0 aliphatic carbocycles. The summed E-state index contributed by atoms with van der Waals surface area (Å²) in [5.74, 6) is -0.728. The van der Waals surface area contributed by atoms with E-state index >= 15 is 0 Å². The van der Waals surface area contributed by atoms with Crippen molar-refractivity contribution in [2.24, 2.45) is 0 Å². The van der Waals surface area contributed by atoms with Crippen LogP contribution in [0.3, 0.4) is 0 Å². The highest BCUT2D eigenvalue weighted by molar-refractivity contribution is 6.31. The van der Waals surface area contributed by atoms with Crippen LogP contribution in [0.25, 0.3) is 0 Å². The molecular formula is C17H16ClNO5. The van der Waals surface area contributed by atoms with Crippen LogP contribution in [0.4, 0.5) is 5.69 Å². The van der Waals surface area contributed by atoms with Crippen LogP contribution in [0.2, 0.25) is 5.02 Å². The summed E-state index contributed by atoms with van der Waals surface area (Å²) < 4.78 is 10.2. The molecule has 126 valence electrons. The highest BCUT2D eigenvalue weighted by Gasteiger charge is 2.20. The molecule has 1 atom stereocenters. The number of rotatable bonds is 5. The Morgan fingerprint density at radius 3 is 2.46 bits per heavy atom. The summed E-state index contributed by atoms with van der Waals surface area (Å²) in [5, 5.41) is 12.2. The van der Waals surface area contributed by atoms with Crippen molar-refractivity contribution in [2.45, 2.75) is 13.0 Å². The lowest BCUT2D eigenvalue weighted by Gasteiger charge is -2.15. The van der Waals surface area contributed by atoms with E-state index in [1.807, 2.05) is 0 Å². The maximum atomic E-state index is 12.2. The highest BCUT2D eigenvalue weighted by atomic mass is 35.5. The Morgan fingerprint density at radius 2 is 1.83 bits per heavy atom. The van der Waals surface area contributed by atoms with Crippen molar-refractivity contribution in [1.82, 2.24) is 0 Å². The molecule has 2 rings (SSSR count). The lowest BCUT2D eigenvalue weighted by Crippen LogP contribution is -2.30. The number of phenols is 1. The number of hydrogen-bond acceptors (Lipinski definition) is 5. The number of ether oxygens (including phenoxy) is 2. The van der Waals surface area contributed by atoms with Gasteiger partial charge in [-0.1, -0.05) is 11.6 Å². The SMILES string of the molecule is COc1ccc(Cl)cc1NC(=O)C(C)OC(=O)c1ccc(O)cc1. The zero-order valence-corrected chi connectivity index (χ0v) is 13.8. The second kappa shape index (κ2) is 7.70. The van der Waals surface area contributed by atoms with Crippen LogP contribution >= 0.6 is 11.6 Å². The molecule has 2 aromatic carbocycles. The number of phenolic OH excluding ortho intramolecular Hbond substituents is 1. The minimum Gasteiger partial charge on any atom is -0.508 e. The molecule has 0 aliphatic rings. The number of methoxy groups -OCH3 is 1. The molecule has 24 heavy (non-hydrogen) atoms. The summed E-state index contributed by atoms with van der Waals surface area (Å²) in [6, 6.07) is 10.3. The molecule has 0 spiro atoms. The maximum Gasteiger partial charge on any atom is 0.338 e. The van der Waals surface area contributed by atoms with Gasteiger partial charge in [0.05, 0.1) is 18.4 Å². The zero-order chi connectivity index (χ0) is 17.7. The number of carbonyl (C=O) groups excluding carboxylic acids is 2. The van der Waals surface area contributed by atoms with Crippen molar-refractivity contribution in [1.29, 1.82) is 0 Å². The van der Waals surface area contributed by atoms with Crippen LogP contribution in [0.15, 0.2) is 42.5 Å². The summed E-state index contributed by atoms with van der Waals surface area (Å²) >= 11 is 5.90. The largest absolute Gasteiger partial charge is 0.508 e. The predicted molar refractivity (Wildman–Crippen MR) is 89.6 cm³/mol. The Labute approximate surface area is 144 Å². The summed E-state index contributed by atoms with van der Waals surface area (Å²) in [6.45, 7) is 1.45. The number of halogens is 1. The Kier molecular flexibility index (Phi) is 5.65. The lowest BCUT2D eigenvalue weighted by molar-refractivity contribution is -0.123. The number of esters is 1. The van der Waals surface area contributed by atoms with E-state index in [1.165, 1.54) is 44.4 Å². The van der Waals surface area contributed by atoms with Crippen LogP contribution in [0.1, 0.15) is 17.3 Å². The van der Waals surface area contributed by atoms with E-state index in [4.69, 9.17) is 21.1 Å². The van der Waals surface area contributed by atoms with Gasteiger partial charge in [0.25, 0.3) is 5.91 Å². The molecule has 6 nitrogen and oxygen atoms in total. The zero-order valence-electron chi connectivity index (χ0n) is 13.1. The molecule has 0 bridgehead atoms. The smallest absolute Gasteiger partial charge is 0.338 e. The van der Waals surface area contributed by atoms with E-state index in [1.54, 1.807) is 12.1 Å². The summed E-state index contributed by atoms with van der Waals surface area (Å²) in [6.07, 6.45) is -1.03. The van der Waals surface area contributed by atoms with Crippen molar-refractivity contribution >= 4 is 29.2 Å². The number of anilines is 1. The number of carbonyl (C=O) groups is 2. The molecule has 7 heteroatoms. The van der Waals surface area contributed by atoms with E-state index in [2.05, 4.69) is 5.32 Å². The summed E-state index contributed by atoms with van der Waals surface area (Å²) in [5.41, 5.74) is 0.607. The second-order valence-corrected chi connectivity index (χ2v) is 5.36. The first kappa shape index (κ1) is 17.6. The van der Waals surface area contributed by atoms with E-state index in [-0.39, 0.29) is 11.3 Å². The van der Waals surface area contributed by atoms with E-state index in [0.717, 1.165) is 0 Å². The third-order valence-electron chi connectivity index (χ3n) is 3.18. The molecule has 0 saturated heterocycles. The fourth-order valence-corrected chi connectivity index (χ4v) is 2.06. The van der Waals surface area contributed by atoms with Gasteiger partial charge in [-0.3, -0.25) is 4.79 Å². The number of amides is 1. The van der Waals surface area contributed by atoms with E-state index in [9.17, 15) is 14.7 Å². The molecular weight excluding hydrogens is 334 g/mol. The third-order valence-corrected chi connectivity index (χ3v) is 3.41. The molecule has 1 unspecified atom stereocenters.